The zero-order valence-electron chi connectivity index (χ0n) is 18.6. The molecule has 0 atom stereocenters. The molecule has 0 N–H and O–H groups in total. The van der Waals surface area contributed by atoms with Crippen molar-refractivity contribution >= 4 is 34.5 Å². The van der Waals surface area contributed by atoms with Crippen molar-refractivity contribution in [1.29, 1.82) is 0 Å². The maximum absolute atomic E-state index is 13.0. The van der Waals surface area contributed by atoms with Gasteiger partial charge in [-0.05, 0) is 64.1 Å². The monoisotopic (exact) mass is 475 g/mol. The van der Waals surface area contributed by atoms with Crippen LogP contribution in [0.2, 0.25) is 0 Å². The molecule has 0 aliphatic rings. The summed E-state index contributed by atoms with van der Waals surface area (Å²) >= 11 is 0.455. The summed E-state index contributed by atoms with van der Waals surface area (Å²) in [6.45, 7) is 6.98. The summed E-state index contributed by atoms with van der Waals surface area (Å²) in [7, 11) is 0. The van der Waals surface area contributed by atoms with E-state index >= 15 is 0 Å². The van der Waals surface area contributed by atoms with E-state index in [0.717, 1.165) is 0 Å². The van der Waals surface area contributed by atoms with Crippen molar-refractivity contribution in [1.82, 2.24) is 4.57 Å². The van der Waals surface area contributed by atoms with Gasteiger partial charge in [0.2, 0.25) is 5.43 Å². The molecule has 33 heavy (non-hydrogen) atoms. The van der Waals surface area contributed by atoms with Gasteiger partial charge < -0.3 is 14.0 Å². The van der Waals surface area contributed by atoms with Crippen LogP contribution < -0.4 is 5.43 Å². The number of fused-ring (bicyclic) bond motifs is 1. The lowest BCUT2D eigenvalue weighted by Crippen LogP contribution is -2.22. The maximum atomic E-state index is 13.0. The first kappa shape index (κ1) is 24.4. The zero-order valence-corrected chi connectivity index (χ0v) is 19.4. The summed E-state index contributed by atoms with van der Waals surface area (Å²) < 4.78 is 37.3. The highest BCUT2D eigenvalue weighted by Crippen LogP contribution is 2.31. The number of alkyl halides is 2. The highest BCUT2D eigenvalue weighted by atomic mass is 32.2. The molecule has 0 fully saturated rings. The van der Waals surface area contributed by atoms with Crippen LogP contribution in [-0.4, -0.2) is 35.5 Å². The molecule has 0 unspecified atom stereocenters. The van der Waals surface area contributed by atoms with Gasteiger partial charge in [-0.3, -0.25) is 4.79 Å². The van der Waals surface area contributed by atoms with E-state index in [4.69, 9.17) is 9.47 Å². The summed E-state index contributed by atoms with van der Waals surface area (Å²) in [6.07, 6.45) is 0. The number of nitrogens with zero attached hydrogens (tertiary/aromatic N) is 1. The van der Waals surface area contributed by atoms with E-state index in [1.165, 1.54) is 12.1 Å². The first-order chi connectivity index (χ1) is 15.7. The van der Waals surface area contributed by atoms with E-state index in [2.05, 4.69) is 0 Å². The molecule has 1 aromatic heterocycles. The molecular formula is C24H23F2NO5S. The fraction of sp³-hybridized carbons (Fsp3) is 0.292. The molecule has 9 heteroatoms. The second-order valence-corrected chi connectivity index (χ2v) is 8.16. The molecule has 0 radical (unpaired) electrons. The van der Waals surface area contributed by atoms with Crippen molar-refractivity contribution in [3.63, 3.8) is 0 Å². The summed E-state index contributed by atoms with van der Waals surface area (Å²) in [6, 6.07) is 9.47. The number of rotatable bonds is 7. The topological polar surface area (TPSA) is 74.6 Å². The fourth-order valence-electron chi connectivity index (χ4n) is 3.70. The average molecular weight is 476 g/mol. The Labute approximate surface area is 193 Å². The predicted octanol–water partition coefficient (Wildman–Crippen LogP) is 5.28. The SMILES string of the molecule is CCOC(=O)c1cc2c(C)n(-c3ccc(SC(F)F)cc3)c(C)c2cc(C(=O)OCC)c1=O. The molecule has 0 saturated carbocycles. The van der Waals surface area contributed by atoms with E-state index in [1.807, 2.05) is 4.57 Å². The molecule has 1 heterocycles. The van der Waals surface area contributed by atoms with Crippen molar-refractivity contribution in [2.24, 2.45) is 0 Å². The van der Waals surface area contributed by atoms with Gasteiger partial charge in [0.15, 0.2) is 0 Å². The number of esters is 2. The van der Waals surface area contributed by atoms with Crippen LogP contribution in [0.15, 0.2) is 46.1 Å². The van der Waals surface area contributed by atoms with Gasteiger partial charge in [0, 0.05) is 32.7 Å². The first-order valence-electron chi connectivity index (χ1n) is 10.3. The summed E-state index contributed by atoms with van der Waals surface area (Å²) in [4.78, 5) is 38.5. The Morgan fingerprint density at radius 2 is 1.36 bits per heavy atom. The van der Waals surface area contributed by atoms with Crippen LogP contribution >= 0.6 is 11.8 Å². The van der Waals surface area contributed by atoms with Gasteiger partial charge in [-0.25, -0.2) is 9.59 Å². The molecule has 3 rings (SSSR count). The Balaban J connectivity index is 2.30. The summed E-state index contributed by atoms with van der Waals surface area (Å²) in [5, 5.41) is 1.16. The third-order valence-corrected chi connectivity index (χ3v) is 5.84. The number of ether oxygens (including phenoxy) is 2. The second-order valence-electron chi connectivity index (χ2n) is 7.09. The molecule has 174 valence electrons. The Morgan fingerprint density at radius 3 is 1.76 bits per heavy atom. The largest absolute Gasteiger partial charge is 0.462 e. The van der Waals surface area contributed by atoms with Crippen molar-refractivity contribution < 1.29 is 27.8 Å². The zero-order chi connectivity index (χ0) is 24.3. The summed E-state index contributed by atoms with van der Waals surface area (Å²) in [5.41, 5.74) is 0.820. The number of hydrogen-bond donors (Lipinski definition) is 0. The lowest BCUT2D eigenvalue weighted by Gasteiger charge is -2.10. The minimum absolute atomic E-state index is 0.0662. The molecule has 0 spiro atoms. The Hall–Kier alpha value is -3.20. The number of benzene rings is 1. The molecule has 0 aliphatic carbocycles. The van der Waals surface area contributed by atoms with Crippen molar-refractivity contribution in [3.8, 4) is 5.69 Å². The van der Waals surface area contributed by atoms with Crippen LogP contribution in [0, 0.1) is 13.8 Å². The van der Waals surface area contributed by atoms with Crippen LogP contribution in [0.1, 0.15) is 46.0 Å². The van der Waals surface area contributed by atoms with Crippen LogP contribution in [0.25, 0.3) is 16.5 Å². The number of carbonyl (C=O) groups is 2. The van der Waals surface area contributed by atoms with Gasteiger partial charge in [-0.1, -0.05) is 11.8 Å². The second kappa shape index (κ2) is 10.2. The van der Waals surface area contributed by atoms with Crippen LogP contribution in [-0.2, 0) is 9.47 Å². The van der Waals surface area contributed by atoms with Crippen molar-refractivity contribution in [2.75, 3.05) is 13.2 Å². The van der Waals surface area contributed by atoms with E-state index in [0.29, 0.717) is 44.5 Å². The fourth-order valence-corrected chi connectivity index (χ4v) is 4.20. The standard InChI is InChI=1S/C24H23F2NO5S/c1-5-31-22(29)19-11-17-13(3)27(15-7-9-16(10-8-15)33-24(25)26)14(4)18(17)12-20(21(19)28)23(30)32-6-2/h7-12,24H,5-6H2,1-4H3. The number of halogens is 2. The minimum Gasteiger partial charge on any atom is -0.462 e. The lowest BCUT2D eigenvalue weighted by atomic mass is 10.2. The molecule has 0 aliphatic heterocycles. The summed E-state index contributed by atoms with van der Waals surface area (Å²) in [5.74, 6) is -4.18. The Bertz CT molecular complexity index is 1200. The van der Waals surface area contributed by atoms with Gasteiger partial charge in [-0.15, -0.1) is 0 Å². The molecule has 3 aromatic rings. The van der Waals surface area contributed by atoms with E-state index < -0.39 is 23.1 Å². The number of carbonyl (C=O) groups excluding carboxylic acids is 2. The minimum atomic E-state index is -2.52. The van der Waals surface area contributed by atoms with Gasteiger partial charge in [0.25, 0.3) is 5.76 Å². The van der Waals surface area contributed by atoms with Crippen LogP contribution in [0.4, 0.5) is 8.78 Å². The third kappa shape index (κ3) is 4.93. The van der Waals surface area contributed by atoms with Gasteiger partial charge in [-0.2, -0.15) is 8.78 Å². The van der Waals surface area contributed by atoms with Gasteiger partial charge >= 0.3 is 11.9 Å². The normalized spacial score (nSPS) is 11.1. The lowest BCUT2D eigenvalue weighted by molar-refractivity contribution is 0.0523. The highest BCUT2D eigenvalue weighted by Gasteiger charge is 2.23. The van der Waals surface area contributed by atoms with Crippen LogP contribution in [0.5, 0.6) is 0 Å². The number of thioether (sulfide) groups is 1. The Kier molecular flexibility index (Phi) is 7.53. The predicted molar refractivity (Wildman–Crippen MR) is 123 cm³/mol. The molecule has 2 aromatic carbocycles. The molecular weight excluding hydrogens is 452 g/mol. The maximum Gasteiger partial charge on any atom is 0.342 e. The Morgan fingerprint density at radius 1 is 0.909 bits per heavy atom. The molecule has 0 amide bonds. The van der Waals surface area contributed by atoms with Crippen molar-refractivity contribution in [2.45, 2.75) is 38.3 Å². The van der Waals surface area contributed by atoms with E-state index in [9.17, 15) is 23.2 Å². The van der Waals surface area contributed by atoms with Gasteiger partial charge in [0.1, 0.15) is 11.1 Å². The number of aryl methyl sites for hydroxylation is 2. The van der Waals surface area contributed by atoms with Crippen LogP contribution in [0.3, 0.4) is 0 Å². The molecule has 0 saturated heterocycles. The quantitative estimate of drug-likeness (QED) is 0.342. The number of aromatic nitrogens is 1. The van der Waals surface area contributed by atoms with E-state index in [1.54, 1.807) is 52.0 Å². The molecule has 0 bridgehead atoms. The smallest absolute Gasteiger partial charge is 0.342 e. The first-order valence-corrected chi connectivity index (χ1v) is 11.2. The molecule has 6 nitrogen and oxygen atoms in total. The van der Waals surface area contributed by atoms with Gasteiger partial charge in [0.05, 0.1) is 13.2 Å². The average Bonchev–Trinajstić information content (AvgIpc) is 2.89. The third-order valence-electron chi connectivity index (χ3n) is 5.12. The number of hydrogen-bond acceptors (Lipinski definition) is 6. The highest BCUT2D eigenvalue weighted by molar-refractivity contribution is 7.99. The van der Waals surface area contributed by atoms with Crippen molar-refractivity contribution in [3.05, 3.63) is 69.1 Å². The van der Waals surface area contributed by atoms with E-state index in [-0.39, 0.29) is 24.3 Å².